The Labute approximate surface area is 147 Å². The Morgan fingerprint density at radius 1 is 1.28 bits per heavy atom. The molecule has 1 atom stereocenters. The number of esters is 1. The minimum Gasteiger partial charge on any atom is -0.465 e. The van der Waals surface area contributed by atoms with Crippen LogP contribution in [0.25, 0.3) is 16.9 Å². The minimum absolute atomic E-state index is 0.285. The Hall–Kier alpha value is -2.55. The number of rotatable bonds is 6. The highest BCUT2D eigenvalue weighted by atomic mass is 32.2. The molecule has 0 aliphatic heterocycles. The maximum absolute atomic E-state index is 13.1. The summed E-state index contributed by atoms with van der Waals surface area (Å²) < 4.78 is 19.7. The molecule has 0 bridgehead atoms. The second-order valence-corrected chi connectivity index (χ2v) is 6.29. The smallest absolute Gasteiger partial charge is 0.319 e. The van der Waals surface area contributed by atoms with Gasteiger partial charge in [0.1, 0.15) is 22.4 Å². The average molecular weight is 361 g/mol. The molecule has 3 rings (SSSR count). The second-order valence-electron chi connectivity index (χ2n) is 5.10. The van der Waals surface area contributed by atoms with E-state index in [9.17, 15) is 9.18 Å². The number of aromatic nitrogens is 5. The van der Waals surface area contributed by atoms with Crippen LogP contribution in [0, 0.1) is 5.82 Å². The van der Waals surface area contributed by atoms with Crippen LogP contribution in [0.5, 0.6) is 0 Å². The summed E-state index contributed by atoms with van der Waals surface area (Å²) in [5, 5.41) is 8.39. The van der Waals surface area contributed by atoms with Crippen molar-refractivity contribution in [3.63, 3.8) is 0 Å². The lowest BCUT2D eigenvalue weighted by Crippen LogP contribution is -2.19. The summed E-state index contributed by atoms with van der Waals surface area (Å²) in [7, 11) is 0. The zero-order valence-electron chi connectivity index (χ0n) is 13.7. The number of carbonyl (C=O) groups excluding carboxylic acids is 1. The van der Waals surface area contributed by atoms with Crippen molar-refractivity contribution in [1.82, 2.24) is 25.0 Å². The molecular formula is C16H16FN5O2S. The van der Waals surface area contributed by atoms with Crippen LogP contribution < -0.4 is 0 Å². The molecule has 0 fully saturated rings. The van der Waals surface area contributed by atoms with Crippen molar-refractivity contribution in [2.75, 3.05) is 6.61 Å². The largest absolute Gasteiger partial charge is 0.465 e. The molecule has 0 aliphatic rings. The van der Waals surface area contributed by atoms with Crippen LogP contribution in [-0.4, -0.2) is 42.8 Å². The summed E-state index contributed by atoms with van der Waals surface area (Å²) in [5.41, 5.74) is 1.61. The third-order valence-corrected chi connectivity index (χ3v) is 4.78. The van der Waals surface area contributed by atoms with Crippen LogP contribution in [0.3, 0.4) is 0 Å². The highest BCUT2D eigenvalue weighted by Gasteiger charge is 2.23. The number of halogens is 1. The lowest BCUT2D eigenvalue weighted by molar-refractivity contribution is -0.142. The summed E-state index contributed by atoms with van der Waals surface area (Å²) in [4.78, 5) is 20.5. The monoisotopic (exact) mass is 361 g/mol. The van der Waals surface area contributed by atoms with Crippen LogP contribution >= 0.6 is 11.8 Å². The van der Waals surface area contributed by atoms with Crippen LogP contribution in [0.2, 0.25) is 0 Å². The third kappa shape index (κ3) is 3.60. The normalized spacial score (nSPS) is 12.3. The van der Waals surface area contributed by atoms with Crippen LogP contribution in [0.15, 0.2) is 35.6 Å². The van der Waals surface area contributed by atoms with E-state index in [4.69, 9.17) is 4.74 Å². The third-order valence-electron chi connectivity index (χ3n) is 3.45. The quantitative estimate of drug-likeness (QED) is 0.379. The Bertz CT molecular complexity index is 884. The lowest BCUT2D eigenvalue weighted by atomic mass is 10.3. The molecule has 2 heterocycles. The van der Waals surface area contributed by atoms with E-state index in [1.54, 1.807) is 19.1 Å². The first kappa shape index (κ1) is 17.3. The van der Waals surface area contributed by atoms with Gasteiger partial charge in [0.2, 0.25) is 0 Å². The van der Waals surface area contributed by atoms with E-state index in [1.165, 1.54) is 34.9 Å². The summed E-state index contributed by atoms with van der Waals surface area (Å²) in [6.45, 7) is 4.00. The fourth-order valence-corrected chi connectivity index (χ4v) is 3.19. The van der Waals surface area contributed by atoms with E-state index in [2.05, 4.69) is 20.3 Å². The van der Waals surface area contributed by atoms with Gasteiger partial charge in [-0.05, 0) is 37.6 Å². The van der Waals surface area contributed by atoms with Crippen LogP contribution in [0.4, 0.5) is 4.39 Å². The average Bonchev–Trinajstić information content (AvgIpc) is 3.05. The number of hydrogen-bond donors (Lipinski definition) is 0. The van der Waals surface area contributed by atoms with E-state index < -0.39 is 0 Å². The SMILES string of the molecule is CCOC(=O)[C@@H](CC)Sc1ncnc2c1nnn2-c1ccc(F)cc1. The second kappa shape index (κ2) is 7.56. The van der Waals surface area contributed by atoms with E-state index >= 15 is 0 Å². The maximum atomic E-state index is 13.1. The van der Waals surface area contributed by atoms with Crippen LogP contribution in [-0.2, 0) is 9.53 Å². The van der Waals surface area contributed by atoms with Gasteiger partial charge in [-0.25, -0.2) is 14.4 Å². The molecule has 0 unspecified atom stereocenters. The van der Waals surface area contributed by atoms with E-state index in [-0.39, 0.29) is 17.0 Å². The number of carbonyl (C=O) groups is 1. The molecule has 9 heteroatoms. The Morgan fingerprint density at radius 3 is 2.72 bits per heavy atom. The molecule has 0 amide bonds. The fraction of sp³-hybridized carbons (Fsp3) is 0.312. The van der Waals surface area contributed by atoms with Gasteiger partial charge >= 0.3 is 5.97 Å². The Balaban J connectivity index is 1.95. The predicted molar refractivity (Wildman–Crippen MR) is 91.0 cm³/mol. The number of benzene rings is 1. The molecule has 0 aliphatic carbocycles. The molecule has 0 saturated carbocycles. The molecule has 0 N–H and O–H groups in total. The van der Waals surface area contributed by atoms with Gasteiger partial charge in [0.15, 0.2) is 11.2 Å². The van der Waals surface area contributed by atoms with Gasteiger partial charge in [-0.1, -0.05) is 23.9 Å². The molecule has 130 valence electrons. The van der Waals surface area contributed by atoms with Gasteiger partial charge in [-0.3, -0.25) is 4.79 Å². The molecule has 25 heavy (non-hydrogen) atoms. The highest BCUT2D eigenvalue weighted by Crippen LogP contribution is 2.29. The summed E-state index contributed by atoms with van der Waals surface area (Å²) >= 11 is 1.28. The number of hydrogen-bond acceptors (Lipinski definition) is 7. The first-order chi connectivity index (χ1) is 12.1. The molecule has 0 radical (unpaired) electrons. The van der Waals surface area contributed by atoms with Crippen molar-refractivity contribution in [2.45, 2.75) is 30.5 Å². The maximum Gasteiger partial charge on any atom is 0.319 e. The highest BCUT2D eigenvalue weighted by molar-refractivity contribution is 8.00. The fourth-order valence-electron chi connectivity index (χ4n) is 2.24. The molecule has 2 aromatic heterocycles. The van der Waals surface area contributed by atoms with Crippen molar-refractivity contribution < 1.29 is 13.9 Å². The first-order valence-corrected chi connectivity index (χ1v) is 8.67. The van der Waals surface area contributed by atoms with Gasteiger partial charge in [0.05, 0.1) is 12.3 Å². The van der Waals surface area contributed by atoms with Crippen molar-refractivity contribution in [2.24, 2.45) is 0 Å². The van der Waals surface area contributed by atoms with Crippen molar-refractivity contribution in [1.29, 1.82) is 0 Å². The van der Waals surface area contributed by atoms with Gasteiger partial charge < -0.3 is 4.74 Å². The molecule has 0 saturated heterocycles. The molecule has 1 aromatic carbocycles. The first-order valence-electron chi connectivity index (χ1n) is 7.79. The molecular weight excluding hydrogens is 345 g/mol. The Kier molecular flexibility index (Phi) is 5.22. The lowest BCUT2D eigenvalue weighted by Gasteiger charge is -2.12. The zero-order valence-corrected chi connectivity index (χ0v) is 14.5. The van der Waals surface area contributed by atoms with Gasteiger partial charge in [0, 0.05) is 0 Å². The van der Waals surface area contributed by atoms with Crippen molar-refractivity contribution in [3.8, 4) is 5.69 Å². The topological polar surface area (TPSA) is 82.8 Å². The van der Waals surface area contributed by atoms with Gasteiger partial charge in [-0.2, -0.15) is 4.68 Å². The molecule has 3 aromatic rings. The van der Waals surface area contributed by atoms with Crippen molar-refractivity contribution >= 4 is 28.9 Å². The molecule has 0 spiro atoms. The Morgan fingerprint density at radius 2 is 2.04 bits per heavy atom. The standard InChI is InChI=1S/C16H16FN5O2S/c1-3-12(16(23)24-4-2)25-15-13-14(18-9-19-15)22(21-20-13)11-7-5-10(17)6-8-11/h5-9,12H,3-4H2,1-2H3/t12-/m1/s1. The van der Waals surface area contributed by atoms with E-state index in [1.807, 2.05) is 6.92 Å². The number of nitrogens with zero attached hydrogens (tertiary/aromatic N) is 5. The van der Waals surface area contributed by atoms with E-state index in [0.29, 0.717) is 34.9 Å². The van der Waals surface area contributed by atoms with Crippen LogP contribution in [0.1, 0.15) is 20.3 Å². The zero-order chi connectivity index (χ0) is 17.8. The van der Waals surface area contributed by atoms with Gasteiger partial charge in [0.25, 0.3) is 0 Å². The number of fused-ring (bicyclic) bond motifs is 1. The summed E-state index contributed by atoms with van der Waals surface area (Å²) in [5.74, 6) is -0.619. The summed E-state index contributed by atoms with van der Waals surface area (Å²) in [6, 6.07) is 5.86. The summed E-state index contributed by atoms with van der Waals surface area (Å²) in [6.07, 6.45) is 1.99. The molecule has 7 nitrogen and oxygen atoms in total. The predicted octanol–water partition coefficient (Wildman–Crippen LogP) is 2.78. The van der Waals surface area contributed by atoms with Gasteiger partial charge in [-0.15, -0.1) is 5.10 Å². The number of ether oxygens (including phenoxy) is 1. The van der Waals surface area contributed by atoms with Crippen molar-refractivity contribution in [3.05, 3.63) is 36.4 Å². The minimum atomic E-state index is -0.381. The number of thioether (sulfide) groups is 1. The van der Waals surface area contributed by atoms with E-state index in [0.717, 1.165) is 0 Å².